The molecule has 1 aromatic rings. The molecule has 1 aromatic carbocycles. The van der Waals surface area contributed by atoms with Crippen LogP contribution >= 0.6 is 0 Å². The monoisotopic (exact) mass is 223 g/mol. The Hall–Kier alpha value is -1.38. The first kappa shape index (κ1) is 12.7. The maximum atomic E-state index is 12.8. The molecule has 1 N–H and O–H groups in total. The summed E-state index contributed by atoms with van der Waals surface area (Å²) >= 11 is 0. The van der Waals surface area contributed by atoms with Crippen LogP contribution in [0.5, 0.6) is 0 Å². The molecule has 0 aliphatic carbocycles. The van der Waals surface area contributed by atoms with E-state index in [4.69, 9.17) is 0 Å². The van der Waals surface area contributed by atoms with E-state index >= 15 is 0 Å². The molecule has 0 spiro atoms. The van der Waals surface area contributed by atoms with Crippen LogP contribution < -0.4 is 5.32 Å². The van der Waals surface area contributed by atoms with Crippen molar-refractivity contribution in [3.8, 4) is 0 Å². The van der Waals surface area contributed by atoms with Crippen molar-refractivity contribution in [3.05, 3.63) is 29.6 Å². The zero-order chi connectivity index (χ0) is 12.1. The summed E-state index contributed by atoms with van der Waals surface area (Å²) in [5, 5.41) is 2.79. The van der Waals surface area contributed by atoms with Crippen LogP contribution in [0.2, 0.25) is 0 Å². The highest BCUT2D eigenvalue weighted by Crippen LogP contribution is 2.16. The Morgan fingerprint density at radius 3 is 2.69 bits per heavy atom. The molecule has 0 fully saturated rings. The predicted octanol–water partition coefficient (Wildman–Crippen LogP) is 3.51. The molecule has 0 saturated carbocycles. The van der Waals surface area contributed by atoms with Crippen LogP contribution in [-0.2, 0) is 4.79 Å². The molecule has 0 unspecified atom stereocenters. The molecule has 0 aromatic heterocycles. The number of aryl methyl sites for hydroxylation is 1. The first-order valence-electron chi connectivity index (χ1n) is 5.55. The van der Waals surface area contributed by atoms with E-state index in [0.29, 0.717) is 18.0 Å². The number of hydrogen-bond acceptors (Lipinski definition) is 1. The number of amides is 1. The Morgan fingerprint density at radius 1 is 1.44 bits per heavy atom. The molecule has 2 nitrogen and oxygen atoms in total. The maximum absolute atomic E-state index is 12.8. The van der Waals surface area contributed by atoms with E-state index in [1.165, 1.54) is 12.1 Å². The number of anilines is 1. The largest absolute Gasteiger partial charge is 0.326 e. The molecule has 0 aliphatic heterocycles. The fourth-order valence-electron chi connectivity index (χ4n) is 1.40. The van der Waals surface area contributed by atoms with Crippen molar-refractivity contribution < 1.29 is 9.18 Å². The zero-order valence-electron chi connectivity index (χ0n) is 10.0. The number of nitrogens with one attached hydrogen (secondary N) is 1. The minimum absolute atomic E-state index is 0.0107. The van der Waals surface area contributed by atoms with Gasteiger partial charge in [0, 0.05) is 12.1 Å². The second-order valence-corrected chi connectivity index (χ2v) is 4.44. The SMILES string of the molecule is Cc1cc(F)ccc1NC(=O)CCC(C)C. The van der Waals surface area contributed by atoms with Crippen LogP contribution in [0, 0.1) is 18.7 Å². The molecule has 0 heterocycles. The molecular weight excluding hydrogens is 205 g/mol. The summed E-state index contributed by atoms with van der Waals surface area (Å²) in [4.78, 5) is 11.5. The molecule has 1 amide bonds. The van der Waals surface area contributed by atoms with Gasteiger partial charge in [-0.05, 0) is 43.0 Å². The lowest BCUT2D eigenvalue weighted by Crippen LogP contribution is -2.13. The number of carbonyl (C=O) groups excluding carboxylic acids is 1. The Bertz CT molecular complexity index is 374. The maximum Gasteiger partial charge on any atom is 0.224 e. The van der Waals surface area contributed by atoms with Gasteiger partial charge in [0.05, 0.1) is 0 Å². The normalized spacial score (nSPS) is 10.6. The van der Waals surface area contributed by atoms with Crippen LogP contribution in [-0.4, -0.2) is 5.91 Å². The molecule has 0 bridgehead atoms. The van der Waals surface area contributed by atoms with Crippen molar-refractivity contribution in [3.63, 3.8) is 0 Å². The summed E-state index contributed by atoms with van der Waals surface area (Å²) in [6, 6.07) is 4.36. The zero-order valence-corrected chi connectivity index (χ0v) is 10.0. The van der Waals surface area contributed by atoms with E-state index in [1.54, 1.807) is 13.0 Å². The fraction of sp³-hybridized carbons (Fsp3) is 0.462. The van der Waals surface area contributed by atoms with Crippen molar-refractivity contribution in [2.24, 2.45) is 5.92 Å². The molecule has 88 valence electrons. The number of rotatable bonds is 4. The lowest BCUT2D eigenvalue weighted by Gasteiger charge is -2.09. The number of hydrogen-bond donors (Lipinski definition) is 1. The molecule has 0 saturated heterocycles. The third-order valence-electron chi connectivity index (χ3n) is 2.41. The van der Waals surface area contributed by atoms with Gasteiger partial charge in [0.2, 0.25) is 5.91 Å². The Balaban J connectivity index is 2.56. The molecule has 1 rings (SSSR count). The van der Waals surface area contributed by atoms with Gasteiger partial charge < -0.3 is 5.32 Å². The van der Waals surface area contributed by atoms with Gasteiger partial charge in [0.1, 0.15) is 5.82 Å². The third kappa shape index (κ3) is 4.01. The van der Waals surface area contributed by atoms with E-state index in [2.05, 4.69) is 19.2 Å². The average molecular weight is 223 g/mol. The summed E-state index contributed by atoms with van der Waals surface area (Å²) in [5.41, 5.74) is 1.44. The van der Waals surface area contributed by atoms with Gasteiger partial charge in [0.25, 0.3) is 0 Å². The first-order chi connectivity index (χ1) is 7.49. The van der Waals surface area contributed by atoms with Gasteiger partial charge in [-0.2, -0.15) is 0 Å². The van der Waals surface area contributed by atoms with Crippen LogP contribution in [0.15, 0.2) is 18.2 Å². The molecule has 0 radical (unpaired) electrons. The Labute approximate surface area is 95.9 Å². The summed E-state index contributed by atoms with van der Waals surface area (Å²) in [5.74, 6) is 0.223. The van der Waals surface area contributed by atoms with Crippen molar-refractivity contribution in [1.29, 1.82) is 0 Å². The minimum Gasteiger partial charge on any atom is -0.326 e. The number of carbonyl (C=O) groups is 1. The second-order valence-electron chi connectivity index (χ2n) is 4.44. The van der Waals surface area contributed by atoms with Crippen molar-refractivity contribution in [2.45, 2.75) is 33.6 Å². The molecule has 16 heavy (non-hydrogen) atoms. The van der Waals surface area contributed by atoms with Gasteiger partial charge in [-0.15, -0.1) is 0 Å². The van der Waals surface area contributed by atoms with Crippen molar-refractivity contribution >= 4 is 11.6 Å². The number of benzene rings is 1. The minimum atomic E-state index is -0.280. The highest BCUT2D eigenvalue weighted by atomic mass is 19.1. The van der Waals surface area contributed by atoms with Gasteiger partial charge in [-0.3, -0.25) is 4.79 Å². The third-order valence-corrected chi connectivity index (χ3v) is 2.41. The first-order valence-corrected chi connectivity index (χ1v) is 5.55. The van der Waals surface area contributed by atoms with Crippen LogP contribution in [0.25, 0.3) is 0 Å². The van der Waals surface area contributed by atoms with Gasteiger partial charge in [0.15, 0.2) is 0 Å². The second kappa shape index (κ2) is 5.64. The van der Waals surface area contributed by atoms with Gasteiger partial charge in [-0.25, -0.2) is 4.39 Å². The van der Waals surface area contributed by atoms with Gasteiger partial charge >= 0.3 is 0 Å². The number of halogens is 1. The molecular formula is C13H18FNO. The Kier molecular flexibility index (Phi) is 4.47. The topological polar surface area (TPSA) is 29.1 Å². The highest BCUT2D eigenvalue weighted by molar-refractivity contribution is 5.91. The Morgan fingerprint density at radius 2 is 2.12 bits per heavy atom. The lowest BCUT2D eigenvalue weighted by atomic mass is 10.1. The summed E-state index contributed by atoms with van der Waals surface area (Å²) in [6.45, 7) is 5.94. The van der Waals surface area contributed by atoms with E-state index in [9.17, 15) is 9.18 Å². The summed E-state index contributed by atoms with van der Waals surface area (Å²) < 4.78 is 12.8. The standard InChI is InChI=1S/C13H18FNO/c1-9(2)4-7-13(16)15-12-6-5-11(14)8-10(12)3/h5-6,8-9H,4,7H2,1-3H3,(H,15,16). The van der Waals surface area contributed by atoms with Crippen molar-refractivity contribution in [2.75, 3.05) is 5.32 Å². The van der Waals surface area contributed by atoms with Gasteiger partial charge in [-0.1, -0.05) is 13.8 Å². The van der Waals surface area contributed by atoms with E-state index in [-0.39, 0.29) is 11.7 Å². The highest BCUT2D eigenvalue weighted by Gasteiger charge is 2.06. The van der Waals surface area contributed by atoms with E-state index < -0.39 is 0 Å². The van der Waals surface area contributed by atoms with E-state index in [0.717, 1.165) is 12.0 Å². The quantitative estimate of drug-likeness (QED) is 0.831. The van der Waals surface area contributed by atoms with Crippen LogP contribution in [0.4, 0.5) is 10.1 Å². The average Bonchev–Trinajstić information content (AvgIpc) is 2.19. The van der Waals surface area contributed by atoms with E-state index in [1.807, 2.05) is 0 Å². The lowest BCUT2D eigenvalue weighted by molar-refractivity contribution is -0.116. The van der Waals surface area contributed by atoms with Crippen molar-refractivity contribution in [1.82, 2.24) is 0 Å². The summed E-state index contributed by atoms with van der Waals surface area (Å²) in [7, 11) is 0. The molecule has 0 atom stereocenters. The van der Waals surface area contributed by atoms with Crippen LogP contribution in [0.1, 0.15) is 32.3 Å². The predicted molar refractivity (Wildman–Crippen MR) is 63.8 cm³/mol. The smallest absolute Gasteiger partial charge is 0.224 e. The molecule has 0 aliphatic rings. The fourth-order valence-corrected chi connectivity index (χ4v) is 1.40. The molecule has 3 heteroatoms. The van der Waals surface area contributed by atoms with Crippen LogP contribution in [0.3, 0.4) is 0 Å². The summed E-state index contributed by atoms with van der Waals surface area (Å²) in [6.07, 6.45) is 1.38.